The van der Waals surface area contributed by atoms with Crippen molar-refractivity contribution in [3.05, 3.63) is 23.4 Å². The quantitative estimate of drug-likeness (QED) is 0.806. The van der Waals surface area contributed by atoms with Gasteiger partial charge in [-0.25, -0.2) is 0 Å². The Bertz CT molecular complexity index is 554. The van der Waals surface area contributed by atoms with Crippen LogP contribution in [0.3, 0.4) is 0 Å². The maximum absolute atomic E-state index is 11.7. The van der Waals surface area contributed by atoms with Crippen molar-refractivity contribution in [2.75, 3.05) is 5.75 Å². The van der Waals surface area contributed by atoms with Crippen LogP contribution in [0.5, 0.6) is 0 Å². The van der Waals surface area contributed by atoms with Gasteiger partial charge in [-0.15, -0.1) is 23.1 Å². The molecule has 5 nitrogen and oxygen atoms in total. The lowest BCUT2D eigenvalue weighted by Crippen LogP contribution is -2.33. The Kier molecular flexibility index (Phi) is 6.25. The SMILES string of the molecule is CCC[C@@H](C)NC(=O)CSCc1nc(-c2cccs2)no1. The number of rotatable bonds is 8. The van der Waals surface area contributed by atoms with E-state index in [1.165, 1.54) is 11.8 Å². The van der Waals surface area contributed by atoms with E-state index in [0.717, 1.165) is 17.7 Å². The minimum atomic E-state index is 0.0546. The summed E-state index contributed by atoms with van der Waals surface area (Å²) in [5.41, 5.74) is 0. The maximum atomic E-state index is 11.7. The van der Waals surface area contributed by atoms with E-state index in [4.69, 9.17) is 4.52 Å². The molecule has 0 bridgehead atoms. The summed E-state index contributed by atoms with van der Waals surface area (Å²) in [6.45, 7) is 4.13. The number of hydrogen-bond acceptors (Lipinski definition) is 6. The Morgan fingerprint density at radius 3 is 3.14 bits per heavy atom. The molecule has 0 radical (unpaired) electrons. The van der Waals surface area contributed by atoms with Crippen LogP contribution in [0.15, 0.2) is 22.0 Å². The monoisotopic (exact) mass is 325 g/mol. The fourth-order valence-electron chi connectivity index (χ4n) is 1.87. The van der Waals surface area contributed by atoms with Crippen LogP contribution in [0.4, 0.5) is 0 Å². The summed E-state index contributed by atoms with van der Waals surface area (Å²) in [5.74, 6) is 2.18. The smallest absolute Gasteiger partial charge is 0.236 e. The average molecular weight is 325 g/mol. The lowest BCUT2D eigenvalue weighted by molar-refractivity contribution is -0.119. The molecular weight excluding hydrogens is 306 g/mol. The number of carbonyl (C=O) groups excluding carboxylic acids is 1. The van der Waals surface area contributed by atoms with E-state index in [1.54, 1.807) is 11.3 Å². The van der Waals surface area contributed by atoms with Gasteiger partial charge in [-0.2, -0.15) is 4.98 Å². The second-order valence-corrected chi connectivity index (χ2v) is 6.67. The van der Waals surface area contributed by atoms with Crippen LogP contribution in [0, 0.1) is 0 Å². The molecule has 0 aliphatic carbocycles. The molecule has 0 saturated heterocycles. The topological polar surface area (TPSA) is 68.0 Å². The number of thioether (sulfide) groups is 1. The molecule has 0 saturated carbocycles. The molecule has 1 amide bonds. The van der Waals surface area contributed by atoms with Crippen molar-refractivity contribution in [1.82, 2.24) is 15.5 Å². The first-order valence-corrected chi connectivity index (χ1v) is 8.96. The minimum Gasteiger partial charge on any atom is -0.353 e. The second-order valence-electron chi connectivity index (χ2n) is 4.74. The zero-order chi connectivity index (χ0) is 15.1. The van der Waals surface area contributed by atoms with Gasteiger partial charge < -0.3 is 9.84 Å². The van der Waals surface area contributed by atoms with E-state index < -0.39 is 0 Å². The number of carbonyl (C=O) groups is 1. The molecule has 0 aliphatic heterocycles. The summed E-state index contributed by atoms with van der Waals surface area (Å²) in [5, 5.41) is 8.88. The highest BCUT2D eigenvalue weighted by Gasteiger charge is 2.11. The molecule has 1 atom stereocenters. The van der Waals surface area contributed by atoms with Gasteiger partial charge in [0.2, 0.25) is 17.6 Å². The number of aromatic nitrogens is 2. The lowest BCUT2D eigenvalue weighted by atomic mass is 10.2. The molecule has 114 valence electrons. The molecule has 2 aromatic heterocycles. The number of nitrogens with zero attached hydrogens (tertiary/aromatic N) is 2. The number of thiophene rings is 1. The molecule has 0 aromatic carbocycles. The van der Waals surface area contributed by atoms with Gasteiger partial charge in [0.05, 0.1) is 16.4 Å². The molecule has 21 heavy (non-hydrogen) atoms. The van der Waals surface area contributed by atoms with Gasteiger partial charge >= 0.3 is 0 Å². The van der Waals surface area contributed by atoms with Gasteiger partial charge in [0.1, 0.15) is 0 Å². The van der Waals surface area contributed by atoms with Crippen molar-refractivity contribution >= 4 is 29.0 Å². The summed E-state index contributed by atoms with van der Waals surface area (Å²) in [7, 11) is 0. The summed E-state index contributed by atoms with van der Waals surface area (Å²) >= 11 is 3.05. The van der Waals surface area contributed by atoms with Gasteiger partial charge in [-0.1, -0.05) is 24.6 Å². The molecule has 0 aliphatic rings. The first-order valence-electron chi connectivity index (χ1n) is 6.92. The number of hydrogen-bond donors (Lipinski definition) is 1. The molecule has 2 heterocycles. The molecule has 1 N–H and O–H groups in total. The third-order valence-electron chi connectivity index (χ3n) is 2.80. The highest BCUT2D eigenvalue weighted by molar-refractivity contribution is 7.99. The predicted octanol–water partition coefficient (Wildman–Crippen LogP) is 3.34. The molecule has 0 spiro atoms. The molecule has 7 heteroatoms. The van der Waals surface area contributed by atoms with E-state index >= 15 is 0 Å². The lowest BCUT2D eigenvalue weighted by Gasteiger charge is -2.11. The molecule has 2 rings (SSSR count). The predicted molar refractivity (Wildman–Crippen MR) is 86.3 cm³/mol. The van der Waals surface area contributed by atoms with Crippen molar-refractivity contribution in [1.29, 1.82) is 0 Å². The van der Waals surface area contributed by atoms with E-state index in [2.05, 4.69) is 22.4 Å². The van der Waals surface area contributed by atoms with Crippen molar-refractivity contribution in [2.45, 2.75) is 38.5 Å². The average Bonchev–Trinajstić information content (AvgIpc) is 3.09. The number of amides is 1. The third-order valence-corrected chi connectivity index (χ3v) is 4.58. The van der Waals surface area contributed by atoms with Crippen molar-refractivity contribution in [3.8, 4) is 10.7 Å². The Balaban J connectivity index is 1.73. The molecular formula is C14H19N3O2S2. The fraction of sp³-hybridized carbons (Fsp3) is 0.500. The standard InChI is InChI=1S/C14H19N3O2S2/c1-3-5-10(2)15-12(18)8-20-9-13-16-14(17-19-13)11-6-4-7-21-11/h4,6-7,10H,3,5,8-9H2,1-2H3,(H,15,18)/t10-/m1/s1. The van der Waals surface area contributed by atoms with Crippen LogP contribution in [0.2, 0.25) is 0 Å². The highest BCUT2D eigenvalue weighted by atomic mass is 32.2. The van der Waals surface area contributed by atoms with E-state index in [-0.39, 0.29) is 11.9 Å². The number of nitrogens with one attached hydrogen (secondary N) is 1. The summed E-state index contributed by atoms with van der Waals surface area (Å²) < 4.78 is 5.18. The Labute approximate surface area is 132 Å². The summed E-state index contributed by atoms with van der Waals surface area (Å²) in [6, 6.07) is 4.14. The Morgan fingerprint density at radius 1 is 1.57 bits per heavy atom. The van der Waals surface area contributed by atoms with Crippen LogP contribution >= 0.6 is 23.1 Å². The van der Waals surface area contributed by atoms with Crippen molar-refractivity contribution in [2.24, 2.45) is 0 Å². The molecule has 2 aromatic rings. The van der Waals surface area contributed by atoms with E-state index in [9.17, 15) is 4.79 Å². The largest absolute Gasteiger partial charge is 0.353 e. The van der Waals surface area contributed by atoms with Gasteiger partial charge in [0.15, 0.2) is 0 Å². The Hall–Kier alpha value is -1.34. The minimum absolute atomic E-state index is 0.0546. The zero-order valence-corrected chi connectivity index (χ0v) is 13.8. The first-order chi connectivity index (χ1) is 10.2. The van der Waals surface area contributed by atoms with Crippen LogP contribution < -0.4 is 5.32 Å². The normalized spacial score (nSPS) is 12.3. The van der Waals surface area contributed by atoms with Crippen LogP contribution in [0.25, 0.3) is 10.7 Å². The van der Waals surface area contributed by atoms with Crippen LogP contribution in [0.1, 0.15) is 32.6 Å². The van der Waals surface area contributed by atoms with Crippen molar-refractivity contribution < 1.29 is 9.32 Å². The van der Waals surface area contributed by atoms with Gasteiger partial charge in [-0.05, 0) is 24.8 Å². The molecule has 0 unspecified atom stereocenters. The van der Waals surface area contributed by atoms with Gasteiger partial charge in [-0.3, -0.25) is 4.79 Å². The maximum Gasteiger partial charge on any atom is 0.236 e. The summed E-state index contributed by atoms with van der Waals surface area (Å²) in [6.07, 6.45) is 2.08. The summed E-state index contributed by atoms with van der Waals surface area (Å²) in [4.78, 5) is 17.0. The molecule has 0 fully saturated rings. The third kappa shape index (κ3) is 5.17. The first kappa shape index (κ1) is 16.0. The fourth-order valence-corrected chi connectivity index (χ4v) is 3.18. The van der Waals surface area contributed by atoms with Crippen LogP contribution in [-0.4, -0.2) is 27.8 Å². The van der Waals surface area contributed by atoms with Crippen LogP contribution in [-0.2, 0) is 10.5 Å². The second kappa shape index (κ2) is 8.19. The van der Waals surface area contributed by atoms with Crippen molar-refractivity contribution in [3.63, 3.8) is 0 Å². The van der Waals surface area contributed by atoms with Gasteiger partial charge in [0.25, 0.3) is 0 Å². The Morgan fingerprint density at radius 2 is 2.43 bits per heavy atom. The highest BCUT2D eigenvalue weighted by Crippen LogP contribution is 2.22. The zero-order valence-electron chi connectivity index (χ0n) is 12.2. The van der Waals surface area contributed by atoms with E-state index in [1.807, 2.05) is 24.4 Å². The van der Waals surface area contributed by atoms with E-state index in [0.29, 0.717) is 23.2 Å². The van der Waals surface area contributed by atoms with Gasteiger partial charge in [0, 0.05) is 6.04 Å².